The van der Waals surface area contributed by atoms with Crippen LogP contribution in [0.5, 0.6) is 0 Å². The second-order valence-corrected chi connectivity index (χ2v) is 15.9. The second kappa shape index (κ2) is 31.7. The molecule has 0 fully saturated rings. The van der Waals surface area contributed by atoms with Gasteiger partial charge in [-0.1, -0.05) is 155 Å². The SMILES string of the molecule is CCCCCCCCCCCCCCCCCOC(CNC(=O)CCCCCCCCCCC)COP(=O)(O)OCC[N+](C)(C)C. The number of rotatable bonds is 36. The van der Waals surface area contributed by atoms with Crippen LogP contribution in [0.1, 0.15) is 174 Å². The Bertz CT molecular complexity index is 718. The molecule has 1 amide bonds. The monoisotopic (exact) mass is 678 g/mol. The van der Waals surface area contributed by atoms with Gasteiger partial charge in [0.1, 0.15) is 13.2 Å². The second-order valence-electron chi connectivity index (χ2n) is 14.4. The maximum absolute atomic E-state index is 12.5. The number of ether oxygens (including phenoxy) is 1. The lowest BCUT2D eigenvalue weighted by molar-refractivity contribution is -0.870. The van der Waals surface area contributed by atoms with E-state index >= 15 is 0 Å². The normalized spacial score (nSPS) is 14.0. The largest absolute Gasteiger partial charge is 0.472 e. The highest BCUT2D eigenvalue weighted by Gasteiger charge is 2.25. The molecule has 0 aliphatic heterocycles. The van der Waals surface area contributed by atoms with E-state index in [4.69, 9.17) is 13.8 Å². The lowest BCUT2D eigenvalue weighted by atomic mass is 10.0. The van der Waals surface area contributed by atoms with Gasteiger partial charge in [0, 0.05) is 19.6 Å². The number of phosphoric acid groups is 1. The minimum atomic E-state index is -4.20. The van der Waals surface area contributed by atoms with Gasteiger partial charge in [-0.05, 0) is 12.8 Å². The molecule has 276 valence electrons. The molecule has 0 aromatic heterocycles. The van der Waals surface area contributed by atoms with Crippen molar-refractivity contribution in [2.75, 3.05) is 54.1 Å². The summed E-state index contributed by atoms with van der Waals surface area (Å²) in [5.41, 5.74) is 0. The van der Waals surface area contributed by atoms with Gasteiger partial charge in [0.2, 0.25) is 5.91 Å². The molecular formula is C37H78N2O6P+. The van der Waals surface area contributed by atoms with E-state index in [1.54, 1.807) is 0 Å². The molecule has 0 saturated heterocycles. The fourth-order valence-corrected chi connectivity index (χ4v) is 6.19. The summed E-state index contributed by atoms with van der Waals surface area (Å²) in [5, 5.41) is 2.95. The Kier molecular flexibility index (Phi) is 31.4. The van der Waals surface area contributed by atoms with Crippen molar-refractivity contribution in [3.8, 4) is 0 Å². The molecule has 2 N–H and O–H groups in total. The predicted molar refractivity (Wildman–Crippen MR) is 194 cm³/mol. The van der Waals surface area contributed by atoms with E-state index in [1.165, 1.54) is 128 Å². The number of likely N-dealkylation sites (N-methyl/N-ethyl adjacent to an activating group) is 1. The lowest BCUT2D eigenvalue weighted by Gasteiger charge is -2.24. The van der Waals surface area contributed by atoms with Crippen LogP contribution in [0.15, 0.2) is 0 Å². The number of hydrogen-bond acceptors (Lipinski definition) is 5. The highest BCUT2D eigenvalue weighted by atomic mass is 31.2. The van der Waals surface area contributed by atoms with Gasteiger partial charge in [0.05, 0.1) is 33.9 Å². The number of nitrogens with zero attached hydrogens (tertiary/aromatic N) is 1. The Morgan fingerprint density at radius 3 is 1.48 bits per heavy atom. The third-order valence-corrected chi connectivity index (χ3v) is 9.56. The van der Waals surface area contributed by atoms with Crippen molar-refractivity contribution in [3.63, 3.8) is 0 Å². The number of unbranched alkanes of at least 4 members (excludes halogenated alkanes) is 22. The van der Waals surface area contributed by atoms with Crippen LogP contribution in [0, 0.1) is 0 Å². The summed E-state index contributed by atoms with van der Waals surface area (Å²) in [6, 6.07) is 0. The van der Waals surface area contributed by atoms with Crippen molar-refractivity contribution in [3.05, 3.63) is 0 Å². The van der Waals surface area contributed by atoms with Crippen molar-refractivity contribution in [2.45, 2.75) is 180 Å². The predicted octanol–water partition coefficient (Wildman–Crippen LogP) is 10.1. The zero-order valence-electron chi connectivity index (χ0n) is 31.2. The maximum Gasteiger partial charge on any atom is 0.472 e. The van der Waals surface area contributed by atoms with Gasteiger partial charge in [0.15, 0.2) is 0 Å². The number of nitrogens with one attached hydrogen (secondary N) is 1. The summed E-state index contributed by atoms with van der Waals surface area (Å²) in [6.07, 6.45) is 30.5. The van der Waals surface area contributed by atoms with Crippen molar-refractivity contribution in [1.29, 1.82) is 0 Å². The number of carbonyl (C=O) groups is 1. The molecule has 2 atom stereocenters. The molecular weight excluding hydrogens is 599 g/mol. The molecule has 0 aliphatic rings. The summed E-state index contributed by atoms with van der Waals surface area (Å²) in [7, 11) is 1.78. The third-order valence-electron chi connectivity index (χ3n) is 8.58. The molecule has 0 saturated carbocycles. The molecule has 46 heavy (non-hydrogen) atoms. The van der Waals surface area contributed by atoms with Gasteiger partial charge in [0.25, 0.3) is 0 Å². The van der Waals surface area contributed by atoms with Crippen LogP contribution in [0.3, 0.4) is 0 Å². The first-order valence-electron chi connectivity index (χ1n) is 19.4. The molecule has 9 heteroatoms. The van der Waals surface area contributed by atoms with Gasteiger partial charge < -0.3 is 19.4 Å². The van der Waals surface area contributed by atoms with E-state index in [0.29, 0.717) is 24.1 Å². The minimum Gasteiger partial charge on any atom is -0.374 e. The summed E-state index contributed by atoms with van der Waals surface area (Å²) in [5.74, 6) is -0.00473. The van der Waals surface area contributed by atoms with Crippen LogP contribution in [-0.2, 0) is 23.1 Å². The van der Waals surface area contributed by atoms with Crippen molar-refractivity contribution >= 4 is 13.7 Å². The summed E-state index contributed by atoms with van der Waals surface area (Å²) in [6.45, 7) is 5.91. The zero-order valence-corrected chi connectivity index (χ0v) is 32.1. The van der Waals surface area contributed by atoms with Crippen LogP contribution in [0.25, 0.3) is 0 Å². The molecule has 0 rings (SSSR count). The van der Waals surface area contributed by atoms with Crippen molar-refractivity contribution in [1.82, 2.24) is 5.32 Å². The number of amides is 1. The maximum atomic E-state index is 12.5. The van der Waals surface area contributed by atoms with Crippen LogP contribution < -0.4 is 5.32 Å². The standard InChI is InChI=1S/C37H77N2O6P/c1-6-8-10-12-14-16-17-18-19-20-21-23-25-27-29-32-43-36(35-45-46(41,42)44-33-31-39(3,4)5)34-38-37(40)30-28-26-24-22-15-13-11-9-7-2/h36H,6-35H2,1-5H3,(H-,38,40,41,42)/p+1. The van der Waals surface area contributed by atoms with Gasteiger partial charge in [-0.25, -0.2) is 4.57 Å². The van der Waals surface area contributed by atoms with Crippen LogP contribution >= 0.6 is 7.82 Å². The van der Waals surface area contributed by atoms with Gasteiger partial charge >= 0.3 is 7.82 Å². The summed E-state index contributed by atoms with van der Waals surface area (Å²) < 4.78 is 29.5. The summed E-state index contributed by atoms with van der Waals surface area (Å²) >= 11 is 0. The summed E-state index contributed by atoms with van der Waals surface area (Å²) in [4.78, 5) is 22.6. The number of phosphoric ester groups is 1. The smallest absolute Gasteiger partial charge is 0.374 e. The number of hydrogen-bond donors (Lipinski definition) is 2. The van der Waals surface area contributed by atoms with E-state index < -0.39 is 13.9 Å². The van der Waals surface area contributed by atoms with Crippen LogP contribution in [-0.4, -0.2) is 75.4 Å². The number of quaternary nitrogens is 1. The van der Waals surface area contributed by atoms with E-state index in [2.05, 4.69) is 19.2 Å². The average Bonchev–Trinajstić information content (AvgIpc) is 3.00. The van der Waals surface area contributed by atoms with Gasteiger partial charge in [-0.2, -0.15) is 0 Å². The highest BCUT2D eigenvalue weighted by Crippen LogP contribution is 2.43. The molecule has 8 nitrogen and oxygen atoms in total. The van der Waals surface area contributed by atoms with E-state index in [1.807, 2.05) is 21.1 Å². The zero-order chi connectivity index (χ0) is 34.2. The molecule has 0 spiro atoms. The van der Waals surface area contributed by atoms with Gasteiger partial charge in [-0.3, -0.25) is 13.8 Å². The van der Waals surface area contributed by atoms with Crippen molar-refractivity contribution in [2.24, 2.45) is 0 Å². The molecule has 0 bridgehead atoms. The average molecular weight is 678 g/mol. The lowest BCUT2D eigenvalue weighted by Crippen LogP contribution is -2.37. The van der Waals surface area contributed by atoms with Gasteiger partial charge in [-0.15, -0.1) is 0 Å². The molecule has 0 aromatic rings. The fourth-order valence-electron chi connectivity index (χ4n) is 5.45. The Morgan fingerprint density at radius 1 is 0.630 bits per heavy atom. The first-order valence-corrected chi connectivity index (χ1v) is 20.9. The quantitative estimate of drug-likeness (QED) is 0.0389. The fraction of sp³-hybridized carbons (Fsp3) is 0.973. The first-order chi connectivity index (χ1) is 22.1. The Labute approximate surface area is 285 Å². The molecule has 0 heterocycles. The van der Waals surface area contributed by atoms with Crippen molar-refractivity contribution < 1.29 is 32.5 Å². The first kappa shape index (κ1) is 45.5. The molecule has 0 aromatic carbocycles. The Balaban J connectivity index is 4.23. The van der Waals surface area contributed by atoms with Crippen LogP contribution in [0.4, 0.5) is 0 Å². The van der Waals surface area contributed by atoms with E-state index in [0.717, 1.165) is 25.7 Å². The molecule has 2 unspecified atom stereocenters. The Morgan fingerprint density at radius 2 is 1.04 bits per heavy atom. The third kappa shape index (κ3) is 34.8. The Hall–Kier alpha value is -0.500. The molecule has 0 radical (unpaired) electrons. The highest BCUT2D eigenvalue weighted by molar-refractivity contribution is 7.47. The van der Waals surface area contributed by atoms with E-state index in [9.17, 15) is 14.3 Å². The molecule has 0 aliphatic carbocycles. The topological polar surface area (TPSA) is 94.1 Å². The minimum absolute atomic E-state index is 0.00473. The number of carbonyl (C=O) groups excluding carboxylic acids is 1. The van der Waals surface area contributed by atoms with E-state index in [-0.39, 0.29) is 25.7 Å². The van der Waals surface area contributed by atoms with Crippen LogP contribution in [0.2, 0.25) is 0 Å².